The van der Waals surface area contributed by atoms with Crippen LogP contribution >= 0.6 is 0 Å². The van der Waals surface area contributed by atoms with Gasteiger partial charge in [-0.3, -0.25) is 0 Å². The third-order valence-corrected chi connectivity index (χ3v) is 1.09. The Hall–Kier alpha value is -1.22. The molecule has 0 aromatic heterocycles. The van der Waals surface area contributed by atoms with E-state index in [9.17, 15) is 0 Å². The molecular weight excluding hydrogens is 132 g/mol. The van der Waals surface area contributed by atoms with Gasteiger partial charge in [-0.1, -0.05) is 30.2 Å². The molecule has 0 aliphatic heterocycles. The number of rotatable bonds is 2. The van der Waals surface area contributed by atoms with Crippen LogP contribution in [0, 0.1) is 11.8 Å². The first-order valence-electron chi connectivity index (χ1n) is 3.61. The summed E-state index contributed by atoms with van der Waals surface area (Å²) < 4.78 is 0. The predicted octanol–water partition coefficient (Wildman–Crippen LogP) is 3.09. The van der Waals surface area contributed by atoms with Gasteiger partial charge in [0.2, 0.25) is 0 Å². The summed E-state index contributed by atoms with van der Waals surface area (Å²) in [6.45, 7) is 9.58. The Bertz CT molecular complexity index is 237. The van der Waals surface area contributed by atoms with Crippen molar-refractivity contribution in [1.29, 1.82) is 0 Å². The lowest BCUT2D eigenvalue weighted by Crippen LogP contribution is -1.69. The topological polar surface area (TPSA) is 0 Å². The highest BCUT2D eigenvalue weighted by atomic mass is 13.8. The summed E-state index contributed by atoms with van der Waals surface area (Å²) in [4.78, 5) is 0. The second-order valence-corrected chi connectivity index (χ2v) is 2.45. The van der Waals surface area contributed by atoms with Crippen molar-refractivity contribution in [2.24, 2.45) is 0 Å². The van der Waals surface area contributed by atoms with E-state index in [1.54, 1.807) is 6.08 Å². The van der Waals surface area contributed by atoms with Crippen molar-refractivity contribution in [2.75, 3.05) is 0 Å². The maximum absolute atomic E-state index is 3.66. The maximum atomic E-state index is 3.66. The van der Waals surface area contributed by atoms with Crippen molar-refractivity contribution in [2.45, 2.75) is 20.8 Å². The van der Waals surface area contributed by atoms with Crippen molar-refractivity contribution in [3.05, 3.63) is 36.0 Å². The van der Waals surface area contributed by atoms with Crippen LogP contribution in [-0.2, 0) is 0 Å². The predicted molar refractivity (Wildman–Crippen MR) is 51.2 cm³/mol. The Labute approximate surface area is 69.3 Å². The summed E-state index contributed by atoms with van der Waals surface area (Å²) in [5, 5.41) is 0. The number of hydrogen-bond donors (Lipinski definition) is 0. The van der Waals surface area contributed by atoms with Gasteiger partial charge < -0.3 is 0 Å². The number of hydrogen-bond acceptors (Lipinski definition) is 0. The molecule has 0 nitrogen and oxygen atoms in total. The van der Waals surface area contributed by atoms with E-state index in [-0.39, 0.29) is 0 Å². The number of allylic oxidation sites excluding steroid dienone is 5. The molecule has 0 aromatic carbocycles. The van der Waals surface area contributed by atoms with Gasteiger partial charge in [0.1, 0.15) is 0 Å². The Balaban J connectivity index is 4.45. The van der Waals surface area contributed by atoms with Crippen LogP contribution in [0.4, 0.5) is 0 Å². The Morgan fingerprint density at radius 3 is 2.27 bits per heavy atom. The fraction of sp³-hybridized carbons (Fsp3) is 0.273. The van der Waals surface area contributed by atoms with Crippen molar-refractivity contribution in [3.63, 3.8) is 0 Å². The molecule has 0 atom stereocenters. The van der Waals surface area contributed by atoms with E-state index in [0.29, 0.717) is 0 Å². The molecule has 0 aromatic rings. The fourth-order valence-electron chi connectivity index (χ4n) is 0.562. The lowest BCUT2D eigenvalue weighted by atomic mass is 10.2. The van der Waals surface area contributed by atoms with E-state index in [2.05, 4.69) is 32.3 Å². The summed E-state index contributed by atoms with van der Waals surface area (Å²) in [7, 11) is 0. The highest BCUT2D eigenvalue weighted by Gasteiger charge is 1.79. The van der Waals surface area contributed by atoms with Gasteiger partial charge in [0.25, 0.3) is 0 Å². The Morgan fingerprint density at radius 1 is 1.27 bits per heavy atom. The highest BCUT2D eigenvalue weighted by molar-refractivity contribution is 5.39. The third kappa shape index (κ3) is 5.24. The molecule has 0 rings (SSSR count). The molecule has 0 spiro atoms. The molecule has 58 valence electrons. The first-order chi connectivity index (χ1) is 5.20. The van der Waals surface area contributed by atoms with Crippen LogP contribution < -0.4 is 0 Å². The standard InChI is InChI=1S/C11H14/c1-5-7-11(6-2)9-8-10(3)4/h6,8-9H,2H2,1,3-4H3/b11-9+. The SMILES string of the molecule is C=C/C(C#CC)=C\C=C(C)C. The van der Waals surface area contributed by atoms with Gasteiger partial charge >= 0.3 is 0 Å². The first-order valence-corrected chi connectivity index (χ1v) is 3.61. The minimum atomic E-state index is 0.966. The van der Waals surface area contributed by atoms with E-state index in [1.165, 1.54) is 5.57 Å². The molecule has 0 heterocycles. The van der Waals surface area contributed by atoms with E-state index < -0.39 is 0 Å². The van der Waals surface area contributed by atoms with Gasteiger partial charge in [0.05, 0.1) is 0 Å². The average Bonchev–Trinajstić information content (AvgIpc) is 1.97. The monoisotopic (exact) mass is 146 g/mol. The van der Waals surface area contributed by atoms with Crippen LogP contribution in [0.1, 0.15) is 20.8 Å². The third-order valence-electron chi connectivity index (χ3n) is 1.09. The lowest BCUT2D eigenvalue weighted by molar-refractivity contribution is 1.39. The highest BCUT2D eigenvalue weighted by Crippen LogP contribution is 1.96. The zero-order chi connectivity index (χ0) is 8.69. The van der Waals surface area contributed by atoms with E-state index in [1.807, 2.05) is 19.1 Å². The zero-order valence-electron chi connectivity index (χ0n) is 7.44. The van der Waals surface area contributed by atoms with Crippen LogP contribution in [0.3, 0.4) is 0 Å². The lowest BCUT2D eigenvalue weighted by Gasteiger charge is -1.86. The summed E-state index contributed by atoms with van der Waals surface area (Å²) in [5.74, 6) is 5.76. The van der Waals surface area contributed by atoms with Gasteiger partial charge in [-0.2, -0.15) is 0 Å². The summed E-state index contributed by atoms with van der Waals surface area (Å²) >= 11 is 0. The summed E-state index contributed by atoms with van der Waals surface area (Å²) in [6, 6.07) is 0. The molecule has 0 N–H and O–H groups in total. The van der Waals surface area contributed by atoms with Crippen molar-refractivity contribution in [3.8, 4) is 11.8 Å². The van der Waals surface area contributed by atoms with Crippen LogP contribution in [-0.4, -0.2) is 0 Å². The zero-order valence-corrected chi connectivity index (χ0v) is 7.44. The first kappa shape index (κ1) is 9.78. The molecule has 0 saturated carbocycles. The Kier molecular flexibility index (Phi) is 4.94. The van der Waals surface area contributed by atoms with Crippen molar-refractivity contribution in [1.82, 2.24) is 0 Å². The fourth-order valence-corrected chi connectivity index (χ4v) is 0.562. The van der Waals surface area contributed by atoms with Gasteiger partial charge in [0, 0.05) is 5.57 Å². The van der Waals surface area contributed by atoms with Gasteiger partial charge in [0.15, 0.2) is 0 Å². The normalized spacial score (nSPS) is 9.55. The van der Waals surface area contributed by atoms with Gasteiger partial charge in [-0.25, -0.2) is 0 Å². The molecular formula is C11H14. The van der Waals surface area contributed by atoms with E-state index >= 15 is 0 Å². The molecule has 0 radical (unpaired) electrons. The molecule has 0 amide bonds. The largest absolute Gasteiger partial charge is 0.101 e. The van der Waals surface area contributed by atoms with E-state index in [4.69, 9.17) is 0 Å². The molecule has 11 heavy (non-hydrogen) atoms. The van der Waals surface area contributed by atoms with Crippen LogP contribution in [0.5, 0.6) is 0 Å². The van der Waals surface area contributed by atoms with Crippen LogP contribution in [0.15, 0.2) is 36.0 Å². The second-order valence-electron chi connectivity index (χ2n) is 2.45. The molecule has 0 bridgehead atoms. The van der Waals surface area contributed by atoms with Crippen LogP contribution in [0.2, 0.25) is 0 Å². The second kappa shape index (κ2) is 5.56. The quantitative estimate of drug-likeness (QED) is 0.415. The molecule has 0 heteroatoms. The summed E-state index contributed by atoms with van der Waals surface area (Å²) in [5.41, 5.74) is 2.23. The smallest absolute Gasteiger partial charge is 0.0239 e. The minimum Gasteiger partial charge on any atom is -0.101 e. The molecule has 0 aliphatic carbocycles. The molecule has 0 saturated heterocycles. The maximum Gasteiger partial charge on any atom is 0.0239 e. The van der Waals surface area contributed by atoms with E-state index in [0.717, 1.165) is 5.57 Å². The minimum absolute atomic E-state index is 0.966. The van der Waals surface area contributed by atoms with Gasteiger partial charge in [-0.05, 0) is 26.8 Å². The van der Waals surface area contributed by atoms with Crippen LogP contribution in [0.25, 0.3) is 0 Å². The molecule has 0 aliphatic rings. The Morgan fingerprint density at radius 2 is 1.91 bits per heavy atom. The average molecular weight is 146 g/mol. The molecule has 0 unspecified atom stereocenters. The van der Waals surface area contributed by atoms with Crippen molar-refractivity contribution < 1.29 is 0 Å². The van der Waals surface area contributed by atoms with Crippen molar-refractivity contribution >= 4 is 0 Å². The summed E-state index contributed by atoms with van der Waals surface area (Å²) in [6.07, 6.45) is 5.76. The van der Waals surface area contributed by atoms with Gasteiger partial charge in [-0.15, -0.1) is 5.92 Å². The molecule has 0 fully saturated rings.